The molecule has 0 radical (unpaired) electrons. The number of carbonyl (C=O) groups is 1. The Kier molecular flexibility index (Phi) is 7.18. The van der Waals surface area contributed by atoms with E-state index in [1.807, 2.05) is 6.20 Å². The third-order valence-corrected chi connectivity index (χ3v) is 4.50. The van der Waals surface area contributed by atoms with Crippen LogP contribution in [0, 0.1) is 5.92 Å². The van der Waals surface area contributed by atoms with Crippen molar-refractivity contribution in [2.24, 2.45) is 5.92 Å². The molecule has 1 aliphatic rings. The first-order valence-corrected chi connectivity index (χ1v) is 8.76. The van der Waals surface area contributed by atoms with Gasteiger partial charge in [0.05, 0.1) is 13.2 Å². The smallest absolute Gasteiger partial charge is 0.475 e. The zero-order chi connectivity index (χ0) is 19.2. The van der Waals surface area contributed by atoms with Crippen molar-refractivity contribution in [3.63, 3.8) is 0 Å². The molecule has 0 aliphatic carbocycles. The van der Waals surface area contributed by atoms with Crippen LogP contribution in [0.5, 0.6) is 0 Å². The summed E-state index contributed by atoms with van der Waals surface area (Å²) >= 11 is 1.76. The molecular formula is C16H20F3N3O3S. The van der Waals surface area contributed by atoms with Crippen molar-refractivity contribution in [1.82, 2.24) is 14.5 Å². The van der Waals surface area contributed by atoms with E-state index in [-0.39, 0.29) is 0 Å². The van der Waals surface area contributed by atoms with Gasteiger partial charge >= 0.3 is 12.1 Å². The lowest BCUT2D eigenvalue weighted by Crippen LogP contribution is -2.29. The van der Waals surface area contributed by atoms with Crippen LogP contribution in [0.3, 0.4) is 0 Å². The van der Waals surface area contributed by atoms with E-state index in [2.05, 4.69) is 37.5 Å². The number of carboxylic acid groups (broad SMARTS) is 1. The van der Waals surface area contributed by atoms with Crippen molar-refractivity contribution in [1.29, 1.82) is 0 Å². The van der Waals surface area contributed by atoms with Crippen molar-refractivity contribution >= 4 is 17.3 Å². The summed E-state index contributed by atoms with van der Waals surface area (Å²) in [5.74, 6) is -1.07. The highest BCUT2D eigenvalue weighted by Gasteiger charge is 2.38. The van der Waals surface area contributed by atoms with Gasteiger partial charge in [-0.3, -0.25) is 4.90 Å². The fourth-order valence-electron chi connectivity index (χ4n) is 2.73. The van der Waals surface area contributed by atoms with Gasteiger partial charge in [-0.15, -0.1) is 0 Å². The predicted molar refractivity (Wildman–Crippen MR) is 89.7 cm³/mol. The monoisotopic (exact) mass is 391 g/mol. The number of nitrogens with zero attached hydrogens (tertiary/aromatic N) is 3. The molecule has 1 unspecified atom stereocenters. The molecule has 1 aliphatic heterocycles. The van der Waals surface area contributed by atoms with Crippen LogP contribution < -0.4 is 0 Å². The first kappa shape index (κ1) is 20.4. The average molecular weight is 391 g/mol. The predicted octanol–water partition coefficient (Wildman–Crippen LogP) is 2.86. The number of hydrogen-bond acceptors (Lipinski definition) is 5. The van der Waals surface area contributed by atoms with Gasteiger partial charge in [0.15, 0.2) is 0 Å². The van der Waals surface area contributed by atoms with E-state index < -0.39 is 12.1 Å². The fraction of sp³-hybridized carbons (Fsp3) is 0.500. The molecule has 1 N–H and O–H groups in total. The van der Waals surface area contributed by atoms with E-state index in [0.29, 0.717) is 5.92 Å². The van der Waals surface area contributed by atoms with Gasteiger partial charge in [0, 0.05) is 45.1 Å². The quantitative estimate of drug-likeness (QED) is 0.868. The number of alkyl halides is 3. The van der Waals surface area contributed by atoms with Crippen LogP contribution in [0.1, 0.15) is 11.4 Å². The molecule has 26 heavy (non-hydrogen) atoms. The van der Waals surface area contributed by atoms with Crippen molar-refractivity contribution in [2.45, 2.75) is 25.8 Å². The number of aromatic nitrogens is 2. The van der Waals surface area contributed by atoms with Gasteiger partial charge in [-0.2, -0.15) is 24.5 Å². The summed E-state index contributed by atoms with van der Waals surface area (Å²) in [6.07, 6.45) is -1.11. The number of rotatable bonds is 4. The molecule has 3 heterocycles. The molecule has 0 aromatic carbocycles. The average Bonchev–Trinajstić information content (AvgIpc) is 3.17. The van der Waals surface area contributed by atoms with Crippen LogP contribution >= 0.6 is 11.3 Å². The maximum absolute atomic E-state index is 10.6. The van der Waals surface area contributed by atoms with E-state index in [1.165, 1.54) is 5.56 Å². The van der Waals surface area contributed by atoms with Gasteiger partial charge in [0.2, 0.25) is 0 Å². The minimum Gasteiger partial charge on any atom is -0.475 e. The number of halogens is 3. The standard InChI is InChI=1S/C14H19N3OS.C2HF3O2/c1-18-10-13-7-16(6-12-2-5-19-11-12)9-14-15-3-4-17(14)8-13;3-2(4,5)1(6)7/h2-5,11,13H,6-10H2,1H3;(H,6,7). The first-order chi connectivity index (χ1) is 12.3. The molecule has 0 saturated carbocycles. The number of imidazole rings is 1. The van der Waals surface area contributed by atoms with Gasteiger partial charge in [0.25, 0.3) is 0 Å². The Morgan fingerprint density at radius 3 is 2.77 bits per heavy atom. The largest absolute Gasteiger partial charge is 0.490 e. The summed E-state index contributed by atoms with van der Waals surface area (Å²) in [6, 6.07) is 2.20. The number of aliphatic carboxylic acids is 1. The highest BCUT2D eigenvalue weighted by molar-refractivity contribution is 7.07. The summed E-state index contributed by atoms with van der Waals surface area (Å²) < 4.78 is 39.4. The summed E-state index contributed by atoms with van der Waals surface area (Å²) in [7, 11) is 1.78. The molecule has 10 heteroatoms. The Hall–Kier alpha value is -1.91. The minimum absolute atomic E-state index is 0.527. The van der Waals surface area contributed by atoms with Gasteiger partial charge in [-0.05, 0) is 22.4 Å². The van der Waals surface area contributed by atoms with E-state index in [1.54, 1.807) is 18.4 Å². The highest BCUT2D eigenvalue weighted by atomic mass is 32.1. The van der Waals surface area contributed by atoms with Crippen LogP contribution in [-0.2, 0) is 29.2 Å². The molecular weight excluding hydrogens is 371 g/mol. The van der Waals surface area contributed by atoms with Gasteiger partial charge in [-0.1, -0.05) is 0 Å². The molecule has 0 saturated heterocycles. The van der Waals surface area contributed by atoms with E-state index in [4.69, 9.17) is 14.6 Å². The van der Waals surface area contributed by atoms with Crippen LogP contribution in [0.2, 0.25) is 0 Å². The van der Waals surface area contributed by atoms with E-state index >= 15 is 0 Å². The maximum Gasteiger partial charge on any atom is 0.490 e. The lowest BCUT2D eigenvalue weighted by Gasteiger charge is -2.22. The van der Waals surface area contributed by atoms with Gasteiger partial charge in [-0.25, -0.2) is 9.78 Å². The Labute approximate surface area is 152 Å². The molecule has 0 amide bonds. The summed E-state index contributed by atoms with van der Waals surface area (Å²) in [6.45, 7) is 4.79. The second kappa shape index (κ2) is 9.15. The zero-order valence-electron chi connectivity index (χ0n) is 14.1. The van der Waals surface area contributed by atoms with Gasteiger partial charge in [0.1, 0.15) is 5.82 Å². The number of thiophene rings is 1. The normalized spacial score (nSPS) is 17.8. The Balaban J connectivity index is 0.000000298. The first-order valence-electron chi connectivity index (χ1n) is 7.82. The van der Waals surface area contributed by atoms with Crippen molar-refractivity contribution in [2.75, 3.05) is 20.3 Å². The Morgan fingerprint density at radius 1 is 1.46 bits per heavy atom. The number of ether oxygens (including phenoxy) is 1. The Bertz CT molecular complexity index is 688. The summed E-state index contributed by atoms with van der Waals surface area (Å²) in [4.78, 5) is 15.8. The van der Waals surface area contributed by atoms with Crippen molar-refractivity contribution in [3.8, 4) is 0 Å². The van der Waals surface area contributed by atoms with Crippen molar-refractivity contribution < 1.29 is 27.8 Å². The van der Waals surface area contributed by atoms with Crippen LogP contribution in [0.15, 0.2) is 29.2 Å². The lowest BCUT2D eigenvalue weighted by molar-refractivity contribution is -0.192. The molecule has 3 rings (SSSR count). The molecule has 0 fully saturated rings. The van der Waals surface area contributed by atoms with Crippen molar-refractivity contribution in [3.05, 3.63) is 40.6 Å². The number of carboxylic acids is 1. The number of methoxy groups -OCH3 is 1. The molecule has 2 aromatic rings. The van der Waals surface area contributed by atoms with E-state index in [0.717, 1.165) is 38.6 Å². The molecule has 144 valence electrons. The van der Waals surface area contributed by atoms with E-state index in [9.17, 15) is 13.2 Å². The minimum atomic E-state index is -5.08. The molecule has 1 atom stereocenters. The number of hydrogen-bond donors (Lipinski definition) is 1. The third-order valence-electron chi connectivity index (χ3n) is 3.77. The fourth-order valence-corrected chi connectivity index (χ4v) is 3.39. The third kappa shape index (κ3) is 6.11. The SMILES string of the molecule is COCC1CN(Cc2ccsc2)Cc2nccn2C1.O=C(O)C(F)(F)F. The van der Waals surface area contributed by atoms with Crippen LogP contribution in [0.25, 0.3) is 0 Å². The second-order valence-electron chi connectivity index (χ2n) is 5.92. The maximum atomic E-state index is 10.6. The Morgan fingerprint density at radius 2 is 2.19 bits per heavy atom. The number of fused-ring (bicyclic) bond motifs is 1. The molecule has 0 spiro atoms. The van der Waals surface area contributed by atoms with Crippen LogP contribution in [0.4, 0.5) is 13.2 Å². The lowest BCUT2D eigenvalue weighted by atomic mass is 10.1. The highest BCUT2D eigenvalue weighted by Crippen LogP contribution is 2.19. The summed E-state index contributed by atoms with van der Waals surface area (Å²) in [5.41, 5.74) is 1.39. The van der Waals surface area contributed by atoms with Gasteiger partial charge < -0.3 is 14.4 Å². The molecule has 6 nitrogen and oxygen atoms in total. The topological polar surface area (TPSA) is 67.6 Å². The zero-order valence-corrected chi connectivity index (χ0v) is 15.0. The second-order valence-corrected chi connectivity index (χ2v) is 6.70. The van der Waals surface area contributed by atoms with Crippen LogP contribution in [-0.4, -0.2) is 52.0 Å². The molecule has 2 aromatic heterocycles. The summed E-state index contributed by atoms with van der Waals surface area (Å²) in [5, 5.41) is 11.5. The molecule has 0 bridgehead atoms.